The number of aliphatic hydroxyl groups excluding tert-OH is 1. The fraction of sp³-hybridized carbons (Fsp3) is 0.308. The van der Waals surface area contributed by atoms with Gasteiger partial charge in [-0.1, -0.05) is 48.5 Å². The number of fused-ring (bicyclic) bond motifs is 1. The smallest absolute Gasteiger partial charge is 0.303 e. The van der Waals surface area contributed by atoms with Crippen molar-refractivity contribution in [1.29, 1.82) is 0 Å². The molecule has 0 aliphatic heterocycles. The van der Waals surface area contributed by atoms with E-state index in [1.807, 2.05) is 48.5 Å². The third-order valence-corrected chi connectivity index (χ3v) is 4.88. The molecule has 0 saturated heterocycles. The number of carboxylic acid groups (broad SMARTS) is 1. The summed E-state index contributed by atoms with van der Waals surface area (Å²) in [6.07, 6.45) is 2.28. The summed E-state index contributed by atoms with van der Waals surface area (Å²) < 4.78 is 5.97. The van der Waals surface area contributed by atoms with Gasteiger partial charge in [-0.3, -0.25) is 4.79 Å². The van der Waals surface area contributed by atoms with Gasteiger partial charge >= 0.3 is 5.97 Å². The number of aromatic nitrogens is 1. The standard InChI is InChI=1S/C26H27NO4/c28-24(16-6-1-2-7-17-25(29)30)22-19-21-14-8-9-15-23(21)27-26(22)31-18-10-13-20-11-4-3-5-12-20/h3-5,8-9,11-12,14-15,19,24,28H,2,7,10,13,16-18H2,(H,29,30). The van der Waals surface area contributed by atoms with Crippen molar-refractivity contribution >= 4 is 16.9 Å². The van der Waals surface area contributed by atoms with E-state index in [0.29, 0.717) is 30.9 Å². The summed E-state index contributed by atoms with van der Waals surface area (Å²) in [4.78, 5) is 15.2. The SMILES string of the molecule is O=C(O)CCCC#CCC(O)c1cc2ccccc2nc1OCCCc1ccccc1. The van der Waals surface area contributed by atoms with E-state index in [1.54, 1.807) is 0 Å². The zero-order chi connectivity index (χ0) is 21.9. The number of carbonyl (C=O) groups is 1. The molecule has 2 aromatic carbocycles. The van der Waals surface area contributed by atoms with Crippen LogP contribution >= 0.6 is 0 Å². The van der Waals surface area contributed by atoms with Gasteiger partial charge in [0.2, 0.25) is 5.88 Å². The van der Waals surface area contributed by atoms with Crippen LogP contribution in [0.2, 0.25) is 0 Å². The molecule has 0 spiro atoms. The fourth-order valence-electron chi connectivity index (χ4n) is 3.25. The predicted octanol–water partition coefficient (Wildman–Crippen LogP) is 4.93. The second-order valence-corrected chi connectivity index (χ2v) is 7.33. The molecular formula is C26H27NO4. The maximum Gasteiger partial charge on any atom is 0.303 e. The van der Waals surface area contributed by atoms with Gasteiger partial charge in [-0.05, 0) is 37.0 Å². The molecule has 3 rings (SSSR count). The number of para-hydroxylation sites is 1. The molecule has 0 radical (unpaired) electrons. The van der Waals surface area contributed by atoms with Gasteiger partial charge in [0.15, 0.2) is 0 Å². The number of benzene rings is 2. The minimum Gasteiger partial charge on any atom is -0.481 e. The Kier molecular flexibility index (Phi) is 8.45. The summed E-state index contributed by atoms with van der Waals surface area (Å²) in [6.45, 7) is 0.501. The summed E-state index contributed by atoms with van der Waals surface area (Å²) in [5.74, 6) is 5.49. The molecule has 2 N–H and O–H groups in total. The highest BCUT2D eigenvalue weighted by atomic mass is 16.5. The van der Waals surface area contributed by atoms with Crippen molar-refractivity contribution in [1.82, 2.24) is 4.98 Å². The number of pyridine rings is 1. The molecule has 1 unspecified atom stereocenters. The largest absolute Gasteiger partial charge is 0.481 e. The van der Waals surface area contributed by atoms with E-state index in [9.17, 15) is 9.90 Å². The van der Waals surface area contributed by atoms with Crippen LogP contribution in [0.15, 0.2) is 60.7 Å². The predicted molar refractivity (Wildman–Crippen MR) is 121 cm³/mol. The summed E-state index contributed by atoms with van der Waals surface area (Å²) >= 11 is 0. The molecule has 0 aliphatic rings. The summed E-state index contributed by atoms with van der Waals surface area (Å²) in [5, 5.41) is 20.3. The van der Waals surface area contributed by atoms with E-state index < -0.39 is 12.1 Å². The lowest BCUT2D eigenvalue weighted by Crippen LogP contribution is -2.07. The maximum absolute atomic E-state index is 10.7. The number of unbranched alkanes of at least 4 members (excludes halogenated alkanes) is 1. The van der Waals surface area contributed by atoms with Gasteiger partial charge in [0.25, 0.3) is 0 Å². The van der Waals surface area contributed by atoms with Gasteiger partial charge in [0, 0.05) is 30.2 Å². The Labute approximate surface area is 182 Å². The molecule has 0 saturated carbocycles. The Morgan fingerprint density at radius 1 is 1.03 bits per heavy atom. The highest BCUT2D eigenvalue weighted by molar-refractivity contribution is 5.80. The first-order valence-electron chi connectivity index (χ1n) is 10.6. The summed E-state index contributed by atoms with van der Waals surface area (Å²) in [6, 6.07) is 19.9. The quantitative estimate of drug-likeness (QED) is 0.361. The van der Waals surface area contributed by atoms with Crippen LogP contribution in [0.1, 0.15) is 49.3 Å². The number of aliphatic carboxylic acids is 1. The second kappa shape index (κ2) is 11.7. The Balaban J connectivity index is 1.65. The molecule has 5 nitrogen and oxygen atoms in total. The van der Waals surface area contributed by atoms with Gasteiger partial charge in [-0.15, -0.1) is 11.8 Å². The number of carboxylic acids is 1. The van der Waals surface area contributed by atoms with Crippen molar-refractivity contribution < 1.29 is 19.7 Å². The molecule has 0 amide bonds. The summed E-state index contributed by atoms with van der Waals surface area (Å²) in [5.41, 5.74) is 2.70. The fourth-order valence-corrected chi connectivity index (χ4v) is 3.25. The van der Waals surface area contributed by atoms with Crippen molar-refractivity contribution in [2.45, 2.75) is 44.6 Å². The monoisotopic (exact) mass is 417 g/mol. The van der Waals surface area contributed by atoms with Crippen LogP contribution in [-0.4, -0.2) is 27.8 Å². The molecule has 0 aliphatic carbocycles. The van der Waals surface area contributed by atoms with Crippen LogP contribution in [0.5, 0.6) is 5.88 Å². The number of nitrogens with zero attached hydrogens (tertiary/aromatic N) is 1. The van der Waals surface area contributed by atoms with Crippen molar-refractivity contribution in [3.8, 4) is 17.7 Å². The molecule has 0 fully saturated rings. The average Bonchev–Trinajstić information content (AvgIpc) is 2.79. The van der Waals surface area contributed by atoms with E-state index in [0.717, 1.165) is 23.7 Å². The van der Waals surface area contributed by atoms with Crippen molar-refractivity contribution in [2.75, 3.05) is 6.61 Å². The molecule has 1 heterocycles. The third-order valence-electron chi connectivity index (χ3n) is 4.88. The van der Waals surface area contributed by atoms with E-state index in [-0.39, 0.29) is 12.8 Å². The van der Waals surface area contributed by atoms with Gasteiger partial charge < -0.3 is 14.9 Å². The Morgan fingerprint density at radius 3 is 2.61 bits per heavy atom. The molecule has 1 atom stereocenters. The zero-order valence-corrected chi connectivity index (χ0v) is 17.5. The lowest BCUT2D eigenvalue weighted by molar-refractivity contribution is -0.137. The molecule has 1 aromatic heterocycles. The lowest BCUT2D eigenvalue weighted by atomic mass is 10.1. The first-order valence-corrected chi connectivity index (χ1v) is 10.6. The van der Waals surface area contributed by atoms with Crippen LogP contribution in [-0.2, 0) is 11.2 Å². The zero-order valence-electron chi connectivity index (χ0n) is 17.5. The van der Waals surface area contributed by atoms with Crippen molar-refractivity contribution in [2.24, 2.45) is 0 Å². The van der Waals surface area contributed by atoms with Gasteiger partial charge in [0.1, 0.15) is 0 Å². The lowest BCUT2D eigenvalue weighted by Gasteiger charge is -2.15. The highest BCUT2D eigenvalue weighted by Gasteiger charge is 2.16. The van der Waals surface area contributed by atoms with E-state index in [4.69, 9.17) is 9.84 Å². The molecular weight excluding hydrogens is 390 g/mol. The normalized spacial score (nSPS) is 11.5. The Bertz CT molecular complexity index is 1050. The van der Waals surface area contributed by atoms with Crippen molar-refractivity contribution in [3.05, 3.63) is 71.8 Å². The number of aryl methyl sites for hydroxylation is 1. The minimum absolute atomic E-state index is 0.104. The Hall–Kier alpha value is -3.36. The van der Waals surface area contributed by atoms with Crippen LogP contribution in [0, 0.1) is 11.8 Å². The second-order valence-electron chi connectivity index (χ2n) is 7.33. The van der Waals surface area contributed by atoms with Crippen LogP contribution in [0.4, 0.5) is 0 Å². The molecule has 31 heavy (non-hydrogen) atoms. The number of aliphatic hydroxyl groups is 1. The molecule has 3 aromatic rings. The number of hydrogen-bond donors (Lipinski definition) is 2. The van der Waals surface area contributed by atoms with E-state index in [2.05, 4.69) is 29.0 Å². The van der Waals surface area contributed by atoms with Crippen LogP contribution < -0.4 is 4.74 Å². The summed E-state index contributed by atoms with van der Waals surface area (Å²) in [7, 11) is 0. The first kappa shape index (κ1) is 22.3. The minimum atomic E-state index is -0.826. The topological polar surface area (TPSA) is 79.7 Å². The number of rotatable bonds is 10. The first-order chi connectivity index (χ1) is 15.1. The molecule has 5 heteroatoms. The highest BCUT2D eigenvalue weighted by Crippen LogP contribution is 2.29. The van der Waals surface area contributed by atoms with Gasteiger partial charge in [-0.25, -0.2) is 4.98 Å². The average molecular weight is 418 g/mol. The van der Waals surface area contributed by atoms with Crippen LogP contribution in [0.3, 0.4) is 0 Å². The van der Waals surface area contributed by atoms with E-state index in [1.165, 1.54) is 5.56 Å². The van der Waals surface area contributed by atoms with Gasteiger partial charge in [0.05, 0.1) is 18.2 Å². The molecule has 0 bridgehead atoms. The maximum atomic E-state index is 10.7. The Morgan fingerprint density at radius 2 is 1.81 bits per heavy atom. The van der Waals surface area contributed by atoms with Gasteiger partial charge in [-0.2, -0.15) is 0 Å². The molecule has 160 valence electrons. The third kappa shape index (κ3) is 7.13. The number of ether oxygens (including phenoxy) is 1. The van der Waals surface area contributed by atoms with Crippen molar-refractivity contribution in [3.63, 3.8) is 0 Å². The van der Waals surface area contributed by atoms with E-state index >= 15 is 0 Å². The van der Waals surface area contributed by atoms with Crippen LogP contribution in [0.25, 0.3) is 10.9 Å². The number of hydrogen-bond acceptors (Lipinski definition) is 4.